The molecule has 2 aliphatic rings. The second-order valence-corrected chi connectivity index (χ2v) is 6.90. The topological polar surface area (TPSA) is 91.8 Å². The van der Waals surface area contributed by atoms with Crippen LogP contribution in [-0.4, -0.2) is 71.5 Å². The van der Waals surface area contributed by atoms with E-state index in [-0.39, 0.29) is 23.9 Å². The molecule has 0 atom stereocenters. The highest BCUT2D eigenvalue weighted by molar-refractivity contribution is 5.99. The maximum Gasteiger partial charge on any atom is 0.409 e. The standard InChI is InChI=1S/C19H26N4O4/c1-2-27-19(26)23-9-5-16(6-10-23)21-17(24)14-11-15(13-20-12-14)18(25)22-7-3-4-8-22/h11-13,16H,2-10H2,1H3,(H,21,24). The van der Waals surface area contributed by atoms with Gasteiger partial charge >= 0.3 is 6.09 Å². The number of aromatic nitrogens is 1. The Hall–Kier alpha value is -2.64. The lowest BCUT2D eigenvalue weighted by molar-refractivity contribution is 0.0792. The second-order valence-electron chi connectivity index (χ2n) is 6.90. The Morgan fingerprint density at radius 2 is 1.74 bits per heavy atom. The number of nitrogens with zero attached hydrogens (tertiary/aromatic N) is 3. The van der Waals surface area contributed by atoms with Gasteiger partial charge in [0.2, 0.25) is 0 Å². The van der Waals surface area contributed by atoms with Crippen LogP contribution >= 0.6 is 0 Å². The van der Waals surface area contributed by atoms with Crippen LogP contribution in [0.1, 0.15) is 53.3 Å². The molecule has 3 rings (SSSR count). The summed E-state index contributed by atoms with van der Waals surface area (Å²) in [6, 6.07) is 1.60. The van der Waals surface area contributed by atoms with Crippen molar-refractivity contribution in [2.24, 2.45) is 0 Å². The summed E-state index contributed by atoms with van der Waals surface area (Å²) in [6.45, 7) is 4.75. The molecule has 0 unspecified atom stereocenters. The van der Waals surface area contributed by atoms with Crippen LogP contribution in [0.5, 0.6) is 0 Å². The quantitative estimate of drug-likeness (QED) is 0.865. The van der Waals surface area contributed by atoms with Gasteiger partial charge in [-0.2, -0.15) is 0 Å². The molecule has 0 aliphatic carbocycles. The number of likely N-dealkylation sites (tertiary alicyclic amines) is 2. The van der Waals surface area contributed by atoms with Crippen LogP contribution in [0.25, 0.3) is 0 Å². The molecule has 3 amide bonds. The van der Waals surface area contributed by atoms with Gasteiger partial charge in [-0.05, 0) is 38.7 Å². The van der Waals surface area contributed by atoms with Gasteiger partial charge in [-0.3, -0.25) is 14.6 Å². The van der Waals surface area contributed by atoms with Crippen molar-refractivity contribution in [3.8, 4) is 0 Å². The predicted molar refractivity (Wildman–Crippen MR) is 98.5 cm³/mol. The average molecular weight is 374 g/mol. The summed E-state index contributed by atoms with van der Waals surface area (Å²) in [5.41, 5.74) is 0.828. The van der Waals surface area contributed by atoms with Gasteiger partial charge in [0, 0.05) is 44.6 Å². The van der Waals surface area contributed by atoms with Gasteiger partial charge < -0.3 is 19.9 Å². The minimum absolute atomic E-state index is 0.0129. The van der Waals surface area contributed by atoms with Crippen LogP contribution in [0.4, 0.5) is 4.79 Å². The molecule has 0 saturated carbocycles. The highest BCUT2D eigenvalue weighted by Gasteiger charge is 2.25. The molecule has 3 heterocycles. The Morgan fingerprint density at radius 3 is 2.41 bits per heavy atom. The van der Waals surface area contributed by atoms with Crippen molar-refractivity contribution in [1.82, 2.24) is 20.1 Å². The molecule has 27 heavy (non-hydrogen) atoms. The van der Waals surface area contributed by atoms with Crippen molar-refractivity contribution < 1.29 is 19.1 Å². The summed E-state index contributed by atoms with van der Waals surface area (Å²) < 4.78 is 5.00. The largest absolute Gasteiger partial charge is 0.450 e. The first-order valence-electron chi connectivity index (χ1n) is 9.55. The summed E-state index contributed by atoms with van der Waals surface area (Å²) in [6.07, 6.45) is 6.06. The number of hydrogen-bond acceptors (Lipinski definition) is 5. The summed E-state index contributed by atoms with van der Waals surface area (Å²) in [5, 5.41) is 2.98. The van der Waals surface area contributed by atoms with E-state index in [2.05, 4.69) is 10.3 Å². The molecular formula is C19H26N4O4. The number of pyridine rings is 1. The fourth-order valence-corrected chi connectivity index (χ4v) is 3.47. The maximum absolute atomic E-state index is 12.5. The molecule has 146 valence electrons. The van der Waals surface area contributed by atoms with Crippen LogP contribution in [0.15, 0.2) is 18.5 Å². The summed E-state index contributed by atoms with van der Waals surface area (Å²) in [7, 11) is 0. The number of piperidine rings is 1. The first-order chi connectivity index (χ1) is 13.1. The lowest BCUT2D eigenvalue weighted by Crippen LogP contribution is -2.46. The Labute approximate surface area is 158 Å². The molecule has 0 radical (unpaired) electrons. The SMILES string of the molecule is CCOC(=O)N1CCC(NC(=O)c2cncc(C(=O)N3CCCC3)c2)CC1. The lowest BCUT2D eigenvalue weighted by Gasteiger charge is -2.31. The average Bonchev–Trinajstić information content (AvgIpc) is 3.23. The number of ether oxygens (including phenoxy) is 1. The number of carbonyl (C=O) groups is 3. The molecule has 0 spiro atoms. The third-order valence-corrected chi connectivity index (χ3v) is 5.00. The predicted octanol–water partition coefficient (Wildman–Crippen LogP) is 1.67. The van der Waals surface area contributed by atoms with E-state index >= 15 is 0 Å². The number of carbonyl (C=O) groups excluding carboxylic acids is 3. The van der Waals surface area contributed by atoms with Crippen molar-refractivity contribution >= 4 is 17.9 Å². The molecule has 1 aromatic heterocycles. The molecule has 8 heteroatoms. The molecular weight excluding hydrogens is 348 g/mol. The van der Waals surface area contributed by atoms with Crippen molar-refractivity contribution in [1.29, 1.82) is 0 Å². The van der Waals surface area contributed by atoms with Gasteiger partial charge in [0.25, 0.3) is 11.8 Å². The van der Waals surface area contributed by atoms with Crippen LogP contribution < -0.4 is 5.32 Å². The first-order valence-corrected chi connectivity index (χ1v) is 9.55. The van der Waals surface area contributed by atoms with Gasteiger partial charge in [-0.1, -0.05) is 0 Å². The first kappa shape index (κ1) is 19.1. The summed E-state index contributed by atoms with van der Waals surface area (Å²) >= 11 is 0. The number of nitrogens with one attached hydrogen (secondary N) is 1. The van der Waals surface area contributed by atoms with E-state index in [1.165, 1.54) is 12.4 Å². The normalized spacial score (nSPS) is 17.7. The van der Waals surface area contributed by atoms with Crippen LogP contribution in [0.2, 0.25) is 0 Å². The van der Waals surface area contributed by atoms with Crippen LogP contribution in [0, 0.1) is 0 Å². The third kappa shape index (κ3) is 4.75. The van der Waals surface area contributed by atoms with Gasteiger partial charge in [0.1, 0.15) is 0 Å². The zero-order chi connectivity index (χ0) is 19.2. The highest BCUT2D eigenvalue weighted by atomic mass is 16.6. The van der Waals surface area contributed by atoms with E-state index in [1.807, 2.05) is 0 Å². The van der Waals surface area contributed by atoms with Gasteiger partial charge in [-0.25, -0.2) is 4.79 Å². The Morgan fingerprint density at radius 1 is 1.07 bits per heavy atom. The lowest BCUT2D eigenvalue weighted by atomic mass is 10.0. The van der Waals surface area contributed by atoms with Crippen LogP contribution in [0.3, 0.4) is 0 Å². The van der Waals surface area contributed by atoms with E-state index in [9.17, 15) is 14.4 Å². The zero-order valence-corrected chi connectivity index (χ0v) is 15.6. The molecule has 0 aromatic carbocycles. The fourth-order valence-electron chi connectivity index (χ4n) is 3.47. The number of rotatable bonds is 4. The highest BCUT2D eigenvalue weighted by Crippen LogP contribution is 2.15. The molecule has 0 bridgehead atoms. The van der Waals surface area contributed by atoms with E-state index in [1.54, 1.807) is 22.8 Å². The molecule has 2 fully saturated rings. The van der Waals surface area contributed by atoms with Crippen molar-refractivity contribution in [3.05, 3.63) is 29.6 Å². The van der Waals surface area contributed by atoms with Crippen molar-refractivity contribution in [2.75, 3.05) is 32.8 Å². The summed E-state index contributed by atoms with van der Waals surface area (Å²) in [4.78, 5) is 44.3. The minimum Gasteiger partial charge on any atom is -0.450 e. The fraction of sp³-hybridized carbons (Fsp3) is 0.579. The monoisotopic (exact) mass is 374 g/mol. The smallest absolute Gasteiger partial charge is 0.409 e. The maximum atomic E-state index is 12.5. The number of hydrogen-bond donors (Lipinski definition) is 1. The van der Waals surface area contributed by atoms with Gasteiger partial charge in [-0.15, -0.1) is 0 Å². The molecule has 1 aromatic rings. The van der Waals surface area contributed by atoms with Gasteiger partial charge in [0.15, 0.2) is 0 Å². The zero-order valence-electron chi connectivity index (χ0n) is 15.6. The Bertz CT molecular complexity index is 695. The van der Waals surface area contributed by atoms with E-state index in [0.29, 0.717) is 43.7 Å². The van der Waals surface area contributed by atoms with E-state index in [0.717, 1.165) is 25.9 Å². The summed E-state index contributed by atoms with van der Waals surface area (Å²) in [5.74, 6) is -0.314. The molecule has 1 N–H and O–H groups in total. The van der Waals surface area contributed by atoms with Crippen molar-refractivity contribution in [2.45, 2.75) is 38.6 Å². The van der Waals surface area contributed by atoms with Crippen LogP contribution in [-0.2, 0) is 4.74 Å². The minimum atomic E-state index is -0.306. The number of amides is 3. The van der Waals surface area contributed by atoms with E-state index < -0.39 is 0 Å². The van der Waals surface area contributed by atoms with Crippen molar-refractivity contribution in [3.63, 3.8) is 0 Å². The molecule has 2 saturated heterocycles. The third-order valence-electron chi connectivity index (χ3n) is 5.00. The van der Waals surface area contributed by atoms with E-state index in [4.69, 9.17) is 4.74 Å². The second kappa shape index (κ2) is 8.83. The molecule has 8 nitrogen and oxygen atoms in total. The molecule has 2 aliphatic heterocycles. The Balaban J connectivity index is 1.55. The van der Waals surface area contributed by atoms with Gasteiger partial charge in [0.05, 0.1) is 17.7 Å². The Kier molecular flexibility index (Phi) is 6.26.